The van der Waals surface area contributed by atoms with Crippen molar-refractivity contribution < 1.29 is 30.3 Å². The number of ether oxygens (including phenoxy) is 1. The van der Waals surface area contributed by atoms with E-state index in [4.69, 9.17) is 9.84 Å². The van der Waals surface area contributed by atoms with Crippen molar-refractivity contribution >= 4 is 0 Å². The molecule has 0 spiro atoms. The van der Waals surface area contributed by atoms with Crippen LogP contribution in [0.5, 0.6) is 0 Å². The Morgan fingerprint density at radius 2 is 1.42 bits per heavy atom. The van der Waals surface area contributed by atoms with Gasteiger partial charge in [-0.2, -0.15) is 0 Å². The van der Waals surface area contributed by atoms with Crippen LogP contribution in [0.15, 0.2) is 0 Å². The first-order chi connectivity index (χ1) is 8.81. The minimum atomic E-state index is -1.34. The largest absolute Gasteiger partial charge is 0.396 e. The highest BCUT2D eigenvalue weighted by atomic mass is 16.5. The summed E-state index contributed by atoms with van der Waals surface area (Å²) in [4.78, 5) is 0. The summed E-state index contributed by atoms with van der Waals surface area (Å²) in [5.41, 5.74) is 0. The molecular formula is C13H28O6. The van der Waals surface area contributed by atoms with E-state index in [1.54, 1.807) is 6.92 Å². The van der Waals surface area contributed by atoms with E-state index in [-0.39, 0.29) is 24.4 Å². The summed E-state index contributed by atoms with van der Waals surface area (Å²) in [6, 6.07) is 0. The first-order valence-corrected chi connectivity index (χ1v) is 6.60. The zero-order chi connectivity index (χ0) is 15.2. The van der Waals surface area contributed by atoms with Crippen molar-refractivity contribution in [3.05, 3.63) is 0 Å². The Morgan fingerprint density at radius 1 is 0.895 bits per heavy atom. The molecule has 19 heavy (non-hydrogen) atoms. The van der Waals surface area contributed by atoms with E-state index in [9.17, 15) is 20.4 Å². The highest BCUT2D eigenvalue weighted by molar-refractivity contribution is 4.87. The topological polar surface area (TPSA) is 110 Å². The van der Waals surface area contributed by atoms with Gasteiger partial charge in [-0.25, -0.2) is 0 Å². The Labute approximate surface area is 114 Å². The van der Waals surface area contributed by atoms with E-state index in [0.29, 0.717) is 0 Å². The number of hydrogen-bond acceptors (Lipinski definition) is 6. The van der Waals surface area contributed by atoms with Gasteiger partial charge in [-0.15, -0.1) is 0 Å². The fraction of sp³-hybridized carbons (Fsp3) is 1.00. The van der Waals surface area contributed by atoms with E-state index in [0.717, 1.165) is 0 Å². The van der Waals surface area contributed by atoms with Gasteiger partial charge in [0.15, 0.2) is 0 Å². The van der Waals surface area contributed by atoms with Gasteiger partial charge in [0.25, 0.3) is 0 Å². The van der Waals surface area contributed by atoms with Crippen LogP contribution in [-0.2, 0) is 4.74 Å². The second-order valence-electron chi connectivity index (χ2n) is 5.38. The summed E-state index contributed by atoms with van der Waals surface area (Å²) in [7, 11) is 1.29. The van der Waals surface area contributed by atoms with Crippen LogP contribution in [0.1, 0.15) is 20.8 Å². The third kappa shape index (κ3) is 4.98. The average molecular weight is 280 g/mol. The van der Waals surface area contributed by atoms with E-state index in [1.807, 2.05) is 13.8 Å². The highest BCUT2D eigenvalue weighted by Gasteiger charge is 2.37. The Morgan fingerprint density at radius 3 is 1.74 bits per heavy atom. The molecule has 0 radical (unpaired) electrons. The summed E-state index contributed by atoms with van der Waals surface area (Å²) in [5, 5.41) is 47.9. The second kappa shape index (κ2) is 8.84. The minimum Gasteiger partial charge on any atom is -0.396 e. The Balaban J connectivity index is 4.81. The quantitative estimate of drug-likeness (QED) is 0.370. The van der Waals surface area contributed by atoms with Crippen LogP contribution < -0.4 is 0 Å². The van der Waals surface area contributed by atoms with Gasteiger partial charge in [0.05, 0.1) is 12.7 Å². The molecule has 6 nitrogen and oxygen atoms in total. The molecule has 6 heteroatoms. The van der Waals surface area contributed by atoms with E-state index < -0.39 is 31.0 Å². The van der Waals surface area contributed by atoms with E-state index in [1.165, 1.54) is 7.11 Å². The molecule has 0 amide bonds. The first-order valence-electron chi connectivity index (χ1n) is 6.60. The molecule has 6 atom stereocenters. The SMILES string of the molecule is COC(C(O)CO)C(O)C(O)C(C)C(CO)C(C)C. The van der Waals surface area contributed by atoms with Gasteiger partial charge in [0.1, 0.15) is 18.3 Å². The van der Waals surface area contributed by atoms with Crippen LogP contribution in [0.4, 0.5) is 0 Å². The lowest BCUT2D eigenvalue weighted by atomic mass is 9.79. The van der Waals surface area contributed by atoms with Crippen molar-refractivity contribution in [1.82, 2.24) is 0 Å². The van der Waals surface area contributed by atoms with Gasteiger partial charge >= 0.3 is 0 Å². The van der Waals surface area contributed by atoms with Crippen LogP contribution in [-0.4, -0.2) is 70.3 Å². The number of aliphatic hydroxyl groups is 5. The first kappa shape index (κ1) is 18.8. The van der Waals surface area contributed by atoms with E-state index in [2.05, 4.69) is 0 Å². The van der Waals surface area contributed by atoms with Crippen molar-refractivity contribution in [2.75, 3.05) is 20.3 Å². The average Bonchev–Trinajstić information content (AvgIpc) is 2.38. The summed E-state index contributed by atoms with van der Waals surface area (Å²) in [6.07, 6.45) is -4.84. The molecule has 0 saturated heterocycles. The lowest BCUT2D eigenvalue weighted by molar-refractivity contribution is -0.146. The third-order valence-electron chi connectivity index (χ3n) is 3.81. The molecule has 0 aliphatic carbocycles. The predicted octanol–water partition coefficient (Wildman–Crippen LogP) is -1.02. The maximum absolute atomic E-state index is 10.1. The minimum absolute atomic E-state index is 0.0944. The fourth-order valence-corrected chi connectivity index (χ4v) is 2.37. The molecule has 0 heterocycles. The molecule has 5 N–H and O–H groups in total. The monoisotopic (exact) mass is 280 g/mol. The number of hydrogen-bond donors (Lipinski definition) is 5. The molecule has 0 aromatic heterocycles. The van der Waals surface area contributed by atoms with Gasteiger partial charge in [-0.3, -0.25) is 0 Å². The molecule has 0 fully saturated rings. The zero-order valence-electron chi connectivity index (χ0n) is 12.1. The Hall–Kier alpha value is -0.240. The maximum atomic E-state index is 10.1. The van der Waals surface area contributed by atoms with Crippen LogP contribution in [0.25, 0.3) is 0 Å². The van der Waals surface area contributed by atoms with Gasteiger partial charge in [0.2, 0.25) is 0 Å². The third-order valence-corrected chi connectivity index (χ3v) is 3.81. The standard InChI is InChI=1S/C13H28O6/c1-7(2)9(5-14)8(3)11(17)12(18)13(19-4)10(16)6-15/h7-18H,5-6H2,1-4H3. The predicted molar refractivity (Wildman–Crippen MR) is 70.5 cm³/mol. The molecule has 0 aliphatic heterocycles. The summed E-state index contributed by atoms with van der Waals surface area (Å²) < 4.78 is 4.93. The lowest BCUT2D eigenvalue weighted by Gasteiger charge is -2.35. The van der Waals surface area contributed by atoms with Crippen LogP contribution >= 0.6 is 0 Å². The summed E-state index contributed by atoms with van der Waals surface area (Å²) >= 11 is 0. The van der Waals surface area contributed by atoms with Crippen LogP contribution in [0.3, 0.4) is 0 Å². The normalized spacial score (nSPS) is 21.8. The fourth-order valence-electron chi connectivity index (χ4n) is 2.37. The van der Waals surface area contributed by atoms with E-state index >= 15 is 0 Å². The summed E-state index contributed by atoms with van der Waals surface area (Å²) in [6.45, 7) is 4.92. The smallest absolute Gasteiger partial charge is 0.114 e. The molecule has 0 rings (SSSR count). The number of rotatable bonds is 9. The van der Waals surface area contributed by atoms with Gasteiger partial charge in [-0.05, 0) is 17.8 Å². The zero-order valence-corrected chi connectivity index (χ0v) is 12.1. The highest BCUT2D eigenvalue weighted by Crippen LogP contribution is 2.26. The summed E-state index contributed by atoms with van der Waals surface area (Å²) in [5.74, 6) is -0.400. The maximum Gasteiger partial charge on any atom is 0.114 e. The Kier molecular flexibility index (Phi) is 8.73. The van der Waals surface area contributed by atoms with Crippen LogP contribution in [0, 0.1) is 17.8 Å². The molecule has 116 valence electrons. The van der Waals surface area contributed by atoms with Crippen molar-refractivity contribution in [3.8, 4) is 0 Å². The van der Waals surface area contributed by atoms with Crippen molar-refractivity contribution in [2.45, 2.75) is 45.2 Å². The lowest BCUT2D eigenvalue weighted by Crippen LogP contribution is -2.50. The van der Waals surface area contributed by atoms with Gasteiger partial charge < -0.3 is 30.3 Å². The number of aliphatic hydroxyl groups excluding tert-OH is 5. The molecule has 0 aromatic rings. The van der Waals surface area contributed by atoms with Crippen molar-refractivity contribution in [2.24, 2.45) is 17.8 Å². The molecule has 0 saturated carbocycles. The molecule has 0 bridgehead atoms. The second-order valence-corrected chi connectivity index (χ2v) is 5.38. The molecule has 6 unspecified atom stereocenters. The number of methoxy groups -OCH3 is 1. The van der Waals surface area contributed by atoms with Gasteiger partial charge in [-0.1, -0.05) is 20.8 Å². The van der Waals surface area contributed by atoms with Gasteiger partial charge in [0, 0.05) is 13.7 Å². The van der Waals surface area contributed by atoms with Crippen molar-refractivity contribution in [1.29, 1.82) is 0 Å². The molecular weight excluding hydrogens is 252 g/mol. The van der Waals surface area contributed by atoms with Crippen LogP contribution in [0.2, 0.25) is 0 Å². The van der Waals surface area contributed by atoms with Crippen molar-refractivity contribution in [3.63, 3.8) is 0 Å². The molecule has 0 aromatic carbocycles. The molecule has 0 aliphatic rings. The Bertz CT molecular complexity index is 235.